The van der Waals surface area contributed by atoms with Gasteiger partial charge in [-0.2, -0.15) is 0 Å². The summed E-state index contributed by atoms with van der Waals surface area (Å²) < 4.78 is 0. The number of allylic oxidation sites excluding steroid dienone is 1. The van der Waals surface area contributed by atoms with Gasteiger partial charge < -0.3 is 5.11 Å². The Bertz CT molecular complexity index is 216. The van der Waals surface area contributed by atoms with E-state index in [9.17, 15) is 9.90 Å². The number of aliphatic carboxylic acids is 1. The molecule has 0 aliphatic heterocycles. The predicted molar refractivity (Wildman–Crippen MR) is 59.2 cm³/mol. The van der Waals surface area contributed by atoms with Crippen LogP contribution >= 0.6 is 0 Å². The van der Waals surface area contributed by atoms with Gasteiger partial charge in [-0.25, -0.2) is 0 Å². The van der Waals surface area contributed by atoms with Crippen molar-refractivity contribution in [3.05, 3.63) is 12.2 Å². The van der Waals surface area contributed by atoms with Gasteiger partial charge in [-0.3, -0.25) is 4.79 Å². The molecule has 0 aromatic rings. The second-order valence-electron chi connectivity index (χ2n) is 4.60. The summed E-state index contributed by atoms with van der Waals surface area (Å²) in [5, 5.41) is 9.32. The van der Waals surface area contributed by atoms with Crippen molar-refractivity contribution in [2.75, 3.05) is 0 Å². The summed E-state index contributed by atoms with van der Waals surface area (Å²) in [6, 6.07) is 0. The van der Waals surface area contributed by atoms with Crippen molar-refractivity contribution in [3.8, 4) is 0 Å². The van der Waals surface area contributed by atoms with Crippen molar-refractivity contribution in [3.63, 3.8) is 0 Å². The fraction of sp³-hybridized carbons (Fsp3) is 0.750. The Hall–Kier alpha value is -0.790. The predicted octanol–water partition coefficient (Wildman–Crippen LogP) is 3.34. The maximum atomic E-state index is 11.3. The van der Waals surface area contributed by atoms with Crippen LogP contribution in [0.4, 0.5) is 0 Å². The van der Waals surface area contributed by atoms with E-state index in [0.717, 1.165) is 0 Å². The minimum atomic E-state index is -0.709. The van der Waals surface area contributed by atoms with Crippen LogP contribution in [0.2, 0.25) is 0 Å². The van der Waals surface area contributed by atoms with Crippen LogP contribution < -0.4 is 0 Å². The molecule has 0 aromatic carbocycles. The Kier molecular flexibility index (Phi) is 4.89. The average molecular weight is 198 g/mol. The van der Waals surface area contributed by atoms with Crippen LogP contribution in [0.3, 0.4) is 0 Å². The molecule has 0 rings (SSSR count). The first-order valence-corrected chi connectivity index (χ1v) is 5.24. The van der Waals surface area contributed by atoms with Crippen LogP contribution in [0.1, 0.15) is 41.0 Å². The molecule has 0 radical (unpaired) electrons. The monoisotopic (exact) mass is 198 g/mol. The maximum Gasteiger partial charge on any atom is 0.313 e. The topological polar surface area (TPSA) is 37.3 Å². The lowest BCUT2D eigenvalue weighted by molar-refractivity contribution is -0.149. The number of carbonyl (C=O) groups is 1. The second-order valence-corrected chi connectivity index (χ2v) is 4.60. The Morgan fingerprint density at radius 1 is 1.36 bits per heavy atom. The summed E-state index contributed by atoms with van der Waals surface area (Å²) in [6.45, 7) is 9.93. The number of carboxylic acid groups (broad SMARTS) is 1. The zero-order chi connectivity index (χ0) is 11.4. The summed E-state index contributed by atoms with van der Waals surface area (Å²) in [6.07, 6.45) is 4.38. The molecule has 0 spiro atoms. The minimum Gasteiger partial charge on any atom is -0.481 e. The third-order valence-corrected chi connectivity index (χ3v) is 2.64. The lowest BCUT2D eigenvalue weighted by Crippen LogP contribution is -2.35. The van der Waals surface area contributed by atoms with E-state index in [2.05, 4.69) is 13.8 Å². The molecule has 0 saturated carbocycles. The van der Waals surface area contributed by atoms with E-state index in [0.29, 0.717) is 12.3 Å². The van der Waals surface area contributed by atoms with Gasteiger partial charge in [0.25, 0.3) is 0 Å². The van der Waals surface area contributed by atoms with Gasteiger partial charge in [0, 0.05) is 0 Å². The fourth-order valence-corrected chi connectivity index (χ4v) is 1.87. The first-order chi connectivity index (χ1) is 6.36. The average Bonchev–Trinajstić information content (AvgIpc) is 2.01. The Morgan fingerprint density at radius 2 is 1.86 bits per heavy atom. The van der Waals surface area contributed by atoms with E-state index in [1.807, 2.05) is 32.9 Å². The standard InChI is InChI=1S/C12H22O2/c1-6-7-12(10(4)5,11(13)14)8-9(2)3/h6-7,9-10H,8H2,1-5H3,(H,13,14). The summed E-state index contributed by atoms with van der Waals surface area (Å²) in [7, 11) is 0. The van der Waals surface area contributed by atoms with Crippen LogP contribution in [0.25, 0.3) is 0 Å². The molecule has 1 N–H and O–H groups in total. The molecular weight excluding hydrogens is 176 g/mol. The van der Waals surface area contributed by atoms with Gasteiger partial charge in [-0.15, -0.1) is 0 Å². The van der Waals surface area contributed by atoms with E-state index in [1.165, 1.54) is 0 Å². The van der Waals surface area contributed by atoms with Crippen LogP contribution in [-0.2, 0) is 4.79 Å². The molecule has 82 valence electrons. The van der Waals surface area contributed by atoms with Gasteiger partial charge in [0.05, 0.1) is 5.41 Å². The van der Waals surface area contributed by atoms with Crippen LogP contribution in [0.5, 0.6) is 0 Å². The van der Waals surface area contributed by atoms with Crippen molar-refractivity contribution < 1.29 is 9.90 Å². The normalized spacial score (nSPS) is 16.5. The largest absolute Gasteiger partial charge is 0.481 e. The fourth-order valence-electron chi connectivity index (χ4n) is 1.87. The molecular formula is C12H22O2. The highest BCUT2D eigenvalue weighted by Crippen LogP contribution is 2.36. The third-order valence-electron chi connectivity index (χ3n) is 2.64. The maximum absolute atomic E-state index is 11.3. The zero-order valence-electron chi connectivity index (χ0n) is 9.87. The molecule has 2 heteroatoms. The molecule has 14 heavy (non-hydrogen) atoms. The summed E-state index contributed by atoms with van der Waals surface area (Å²) in [5.41, 5.74) is -0.692. The van der Waals surface area contributed by atoms with Gasteiger partial charge in [0.2, 0.25) is 0 Å². The zero-order valence-corrected chi connectivity index (χ0v) is 9.87. The number of carboxylic acids is 1. The van der Waals surface area contributed by atoms with Gasteiger partial charge >= 0.3 is 5.97 Å². The second kappa shape index (κ2) is 5.18. The van der Waals surface area contributed by atoms with E-state index >= 15 is 0 Å². The highest BCUT2D eigenvalue weighted by atomic mass is 16.4. The molecule has 2 nitrogen and oxygen atoms in total. The van der Waals surface area contributed by atoms with E-state index in [4.69, 9.17) is 0 Å². The molecule has 0 aromatic heterocycles. The van der Waals surface area contributed by atoms with Crippen LogP contribution in [-0.4, -0.2) is 11.1 Å². The quantitative estimate of drug-likeness (QED) is 0.688. The molecule has 0 saturated heterocycles. The van der Waals surface area contributed by atoms with Crippen molar-refractivity contribution in [1.82, 2.24) is 0 Å². The van der Waals surface area contributed by atoms with Gasteiger partial charge in [0.1, 0.15) is 0 Å². The molecule has 1 unspecified atom stereocenters. The molecule has 0 bridgehead atoms. The Morgan fingerprint density at radius 3 is 2.07 bits per heavy atom. The molecule has 0 fully saturated rings. The molecule has 0 aliphatic carbocycles. The Balaban J connectivity index is 5.05. The molecule has 0 heterocycles. The number of hydrogen-bond donors (Lipinski definition) is 1. The summed E-state index contributed by atoms with van der Waals surface area (Å²) in [4.78, 5) is 11.3. The smallest absolute Gasteiger partial charge is 0.313 e. The van der Waals surface area contributed by atoms with Crippen molar-refractivity contribution in [1.29, 1.82) is 0 Å². The molecule has 1 atom stereocenters. The minimum absolute atomic E-state index is 0.124. The Labute approximate surface area is 87.0 Å². The lowest BCUT2D eigenvalue weighted by atomic mass is 9.71. The first kappa shape index (κ1) is 13.2. The summed E-state index contributed by atoms with van der Waals surface area (Å²) >= 11 is 0. The first-order valence-electron chi connectivity index (χ1n) is 5.24. The van der Waals surface area contributed by atoms with E-state index in [1.54, 1.807) is 0 Å². The van der Waals surface area contributed by atoms with Crippen molar-refractivity contribution in [2.45, 2.75) is 41.0 Å². The van der Waals surface area contributed by atoms with E-state index in [-0.39, 0.29) is 5.92 Å². The number of rotatable bonds is 5. The molecule has 0 amide bonds. The lowest BCUT2D eigenvalue weighted by Gasteiger charge is -2.32. The highest BCUT2D eigenvalue weighted by Gasteiger charge is 2.39. The van der Waals surface area contributed by atoms with Crippen molar-refractivity contribution >= 4 is 5.97 Å². The van der Waals surface area contributed by atoms with Crippen LogP contribution in [0, 0.1) is 17.3 Å². The van der Waals surface area contributed by atoms with Crippen LogP contribution in [0.15, 0.2) is 12.2 Å². The van der Waals surface area contributed by atoms with Gasteiger partial charge in [-0.05, 0) is 25.2 Å². The van der Waals surface area contributed by atoms with Gasteiger partial charge in [-0.1, -0.05) is 39.8 Å². The highest BCUT2D eigenvalue weighted by molar-refractivity contribution is 5.77. The van der Waals surface area contributed by atoms with E-state index < -0.39 is 11.4 Å². The van der Waals surface area contributed by atoms with Gasteiger partial charge in [0.15, 0.2) is 0 Å². The SMILES string of the molecule is CC=CC(CC(C)C)(C(=O)O)C(C)C. The molecule has 0 aliphatic rings. The third kappa shape index (κ3) is 2.86. The number of hydrogen-bond acceptors (Lipinski definition) is 1. The van der Waals surface area contributed by atoms with Crippen molar-refractivity contribution in [2.24, 2.45) is 17.3 Å². The summed E-state index contributed by atoms with van der Waals surface area (Å²) in [5.74, 6) is -0.192.